The van der Waals surface area contributed by atoms with Crippen molar-refractivity contribution in [2.75, 3.05) is 0 Å². The first-order valence-electron chi connectivity index (χ1n) is 5.14. The Morgan fingerprint density at radius 3 is 2.47 bits per heavy atom. The van der Waals surface area contributed by atoms with Gasteiger partial charge in [0.1, 0.15) is 0 Å². The Bertz CT molecular complexity index is 451. The molecule has 0 radical (unpaired) electrons. The molecule has 0 amide bonds. The van der Waals surface area contributed by atoms with Gasteiger partial charge in [-0.05, 0) is 29.7 Å². The van der Waals surface area contributed by atoms with Crippen molar-refractivity contribution >= 4 is 16.9 Å². The number of rotatable bonds is 3. The molecule has 2 rings (SSSR count). The third kappa shape index (κ3) is 2.18. The lowest BCUT2D eigenvalue weighted by Gasteiger charge is -2.01. The monoisotopic (exact) mass is 214 g/mol. The fraction of sp³-hybridized carbons (Fsp3) is 0.143. The van der Waals surface area contributed by atoms with E-state index in [4.69, 9.17) is 0 Å². The van der Waals surface area contributed by atoms with E-state index in [1.54, 1.807) is 0 Å². The minimum atomic E-state index is 1.10. The van der Waals surface area contributed by atoms with Crippen LogP contribution >= 0.6 is 11.3 Å². The lowest BCUT2D eigenvalue weighted by Crippen LogP contribution is -1.80. The molecule has 0 unspecified atom stereocenters. The van der Waals surface area contributed by atoms with Gasteiger partial charge in [-0.1, -0.05) is 43.8 Å². The van der Waals surface area contributed by atoms with Crippen molar-refractivity contribution in [1.82, 2.24) is 0 Å². The number of benzene rings is 1. The Morgan fingerprint density at radius 2 is 1.87 bits per heavy atom. The molecule has 1 heterocycles. The third-order valence-corrected chi connectivity index (χ3v) is 3.72. The smallest absolute Gasteiger partial charge is 0.0345 e. The Kier molecular flexibility index (Phi) is 3.02. The average molecular weight is 214 g/mol. The van der Waals surface area contributed by atoms with Crippen molar-refractivity contribution < 1.29 is 0 Å². The molecule has 1 aromatic heterocycles. The summed E-state index contributed by atoms with van der Waals surface area (Å²) in [5.41, 5.74) is 2.34. The molecule has 0 saturated carbocycles. The van der Waals surface area contributed by atoms with Crippen LogP contribution in [0.15, 0.2) is 49.0 Å². The summed E-state index contributed by atoms with van der Waals surface area (Å²) in [5, 5.41) is 0. The minimum absolute atomic E-state index is 1.10. The van der Waals surface area contributed by atoms with Crippen LogP contribution in [0, 0.1) is 0 Å². The molecule has 2 aromatic rings. The standard InChI is InChI=1S/C14H14S/c1-3-13-9-10-14(15-13)11(2)12-7-5-4-6-8-12/h4-10H,2-3H2,1H3. The van der Waals surface area contributed by atoms with E-state index in [1.807, 2.05) is 17.4 Å². The van der Waals surface area contributed by atoms with E-state index in [-0.39, 0.29) is 0 Å². The molecule has 0 bridgehead atoms. The normalized spacial score (nSPS) is 10.2. The highest BCUT2D eigenvalue weighted by Gasteiger charge is 2.04. The molecule has 0 saturated heterocycles. The van der Waals surface area contributed by atoms with Crippen molar-refractivity contribution in [3.05, 3.63) is 64.4 Å². The van der Waals surface area contributed by atoms with Gasteiger partial charge in [0.2, 0.25) is 0 Å². The summed E-state index contributed by atoms with van der Waals surface area (Å²) >= 11 is 1.84. The van der Waals surface area contributed by atoms with Crippen molar-refractivity contribution in [2.45, 2.75) is 13.3 Å². The van der Waals surface area contributed by atoms with E-state index in [0.717, 1.165) is 12.0 Å². The molecular weight excluding hydrogens is 200 g/mol. The zero-order chi connectivity index (χ0) is 10.7. The Labute approximate surface area is 94.9 Å². The van der Waals surface area contributed by atoms with Crippen LogP contribution in [0.1, 0.15) is 22.2 Å². The fourth-order valence-corrected chi connectivity index (χ4v) is 2.45. The SMILES string of the molecule is C=C(c1ccccc1)c1ccc(CC)s1. The second kappa shape index (κ2) is 4.45. The van der Waals surface area contributed by atoms with Crippen LogP contribution in [0.4, 0.5) is 0 Å². The van der Waals surface area contributed by atoms with Gasteiger partial charge in [0.05, 0.1) is 0 Å². The highest BCUT2D eigenvalue weighted by Crippen LogP contribution is 2.28. The number of thiophene rings is 1. The molecule has 15 heavy (non-hydrogen) atoms. The van der Waals surface area contributed by atoms with Crippen LogP contribution in [-0.4, -0.2) is 0 Å². The summed E-state index contributed by atoms with van der Waals surface area (Å²) in [7, 11) is 0. The molecule has 0 spiro atoms. The zero-order valence-electron chi connectivity index (χ0n) is 8.86. The minimum Gasteiger partial charge on any atom is -0.140 e. The Hall–Kier alpha value is -1.34. The van der Waals surface area contributed by atoms with Gasteiger partial charge in [0, 0.05) is 9.75 Å². The highest BCUT2D eigenvalue weighted by atomic mass is 32.1. The van der Waals surface area contributed by atoms with Gasteiger partial charge in [-0.25, -0.2) is 0 Å². The predicted octanol–water partition coefficient (Wildman–Crippen LogP) is 4.37. The van der Waals surface area contributed by atoms with Crippen LogP contribution in [0.3, 0.4) is 0 Å². The molecule has 1 heteroatoms. The molecule has 0 nitrogen and oxygen atoms in total. The van der Waals surface area contributed by atoms with E-state index >= 15 is 0 Å². The largest absolute Gasteiger partial charge is 0.140 e. The number of hydrogen-bond donors (Lipinski definition) is 0. The summed E-state index contributed by atoms with van der Waals surface area (Å²) in [6, 6.07) is 14.7. The van der Waals surface area contributed by atoms with E-state index in [9.17, 15) is 0 Å². The van der Waals surface area contributed by atoms with Crippen LogP contribution in [0.5, 0.6) is 0 Å². The third-order valence-electron chi connectivity index (χ3n) is 2.43. The Balaban J connectivity index is 2.29. The maximum Gasteiger partial charge on any atom is 0.0345 e. The second-order valence-corrected chi connectivity index (χ2v) is 4.63. The maximum atomic E-state index is 4.15. The zero-order valence-corrected chi connectivity index (χ0v) is 9.68. The molecular formula is C14H14S. The quantitative estimate of drug-likeness (QED) is 0.711. The van der Waals surface area contributed by atoms with Gasteiger partial charge in [-0.3, -0.25) is 0 Å². The van der Waals surface area contributed by atoms with Crippen LogP contribution in [0.2, 0.25) is 0 Å². The topological polar surface area (TPSA) is 0 Å². The summed E-state index contributed by atoms with van der Waals surface area (Å²) in [4.78, 5) is 2.69. The second-order valence-electron chi connectivity index (χ2n) is 3.46. The van der Waals surface area contributed by atoms with Crippen LogP contribution < -0.4 is 0 Å². The van der Waals surface area contributed by atoms with Gasteiger partial charge >= 0.3 is 0 Å². The van der Waals surface area contributed by atoms with E-state index in [0.29, 0.717) is 0 Å². The van der Waals surface area contributed by atoms with E-state index in [2.05, 4.69) is 49.9 Å². The highest BCUT2D eigenvalue weighted by molar-refractivity contribution is 7.13. The Morgan fingerprint density at radius 1 is 1.13 bits per heavy atom. The van der Waals surface area contributed by atoms with E-state index < -0.39 is 0 Å². The van der Waals surface area contributed by atoms with Gasteiger partial charge in [0.25, 0.3) is 0 Å². The van der Waals surface area contributed by atoms with E-state index in [1.165, 1.54) is 15.3 Å². The summed E-state index contributed by atoms with van der Waals surface area (Å²) < 4.78 is 0. The van der Waals surface area contributed by atoms with Crippen molar-refractivity contribution in [2.24, 2.45) is 0 Å². The molecule has 0 aliphatic carbocycles. The first-order chi connectivity index (χ1) is 7.31. The molecule has 0 aliphatic rings. The number of aryl methyl sites for hydroxylation is 1. The lowest BCUT2D eigenvalue weighted by atomic mass is 10.1. The summed E-state index contributed by atoms with van der Waals surface area (Å²) in [6.45, 7) is 6.33. The van der Waals surface area contributed by atoms with Gasteiger partial charge in [-0.15, -0.1) is 11.3 Å². The first kappa shape index (κ1) is 10.2. The van der Waals surface area contributed by atoms with Crippen molar-refractivity contribution in [3.63, 3.8) is 0 Å². The summed E-state index contributed by atoms with van der Waals surface area (Å²) in [6.07, 6.45) is 1.10. The maximum absolute atomic E-state index is 4.15. The van der Waals surface area contributed by atoms with Gasteiger partial charge in [0.15, 0.2) is 0 Å². The molecule has 0 N–H and O–H groups in total. The molecule has 0 atom stereocenters. The lowest BCUT2D eigenvalue weighted by molar-refractivity contribution is 1.19. The van der Waals surface area contributed by atoms with Crippen molar-refractivity contribution in [3.8, 4) is 0 Å². The van der Waals surface area contributed by atoms with Gasteiger partial charge < -0.3 is 0 Å². The first-order valence-corrected chi connectivity index (χ1v) is 5.96. The summed E-state index contributed by atoms with van der Waals surface area (Å²) in [5.74, 6) is 0. The molecule has 0 aliphatic heterocycles. The predicted molar refractivity (Wildman–Crippen MR) is 68.3 cm³/mol. The molecule has 0 fully saturated rings. The fourth-order valence-electron chi connectivity index (χ4n) is 1.51. The van der Waals surface area contributed by atoms with Crippen LogP contribution in [0.25, 0.3) is 5.57 Å². The number of hydrogen-bond acceptors (Lipinski definition) is 1. The molecule has 1 aromatic carbocycles. The van der Waals surface area contributed by atoms with Crippen LogP contribution in [-0.2, 0) is 6.42 Å². The van der Waals surface area contributed by atoms with Gasteiger partial charge in [-0.2, -0.15) is 0 Å². The average Bonchev–Trinajstić information content (AvgIpc) is 2.78. The van der Waals surface area contributed by atoms with Crippen molar-refractivity contribution in [1.29, 1.82) is 0 Å². The molecule has 76 valence electrons.